The number of likely N-dealkylation sites (tertiary alicyclic amines) is 1. The predicted octanol–water partition coefficient (Wildman–Crippen LogP) is 2.08. The molecule has 4 heteroatoms. The molecule has 0 aliphatic carbocycles. The molecule has 1 N–H and O–H groups in total. The Kier molecular flexibility index (Phi) is 4.79. The van der Waals surface area contributed by atoms with E-state index in [4.69, 9.17) is 4.74 Å². The summed E-state index contributed by atoms with van der Waals surface area (Å²) < 4.78 is 5.30. The smallest absolute Gasteiger partial charge is 0.246 e. The maximum Gasteiger partial charge on any atom is 0.246 e. The normalized spacial score (nSPS) is 19.9. The number of para-hydroxylation sites is 1. The molecule has 1 heterocycles. The highest BCUT2D eigenvalue weighted by Crippen LogP contribution is 2.25. The van der Waals surface area contributed by atoms with E-state index in [0.29, 0.717) is 13.1 Å². The second kappa shape index (κ2) is 6.57. The molecule has 0 spiro atoms. The Morgan fingerprint density at radius 3 is 2.90 bits per heavy atom. The Balaban J connectivity index is 2.15. The largest absolute Gasteiger partial charge is 0.496 e. The zero-order valence-electron chi connectivity index (χ0n) is 12.0. The first-order chi connectivity index (χ1) is 9.61. The predicted molar refractivity (Wildman–Crippen MR) is 78.5 cm³/mol. The highest BCUT2D eigenvalue weighted by atomic mass is 16.5. The molecule has 1 unspecified atom stereocenters. The van der Waals surface area contributed by atoms with E-state index >= 15 is 0 Å². The lowest BCUT2D eigenvalue weighted by Crippen LogP contribution is -2.41. The van der Waals surface area contributed by atoms with Crippen molar-refractivity contribution in [3.63, 3.8) is 0 Å². The summed E-state index contributed by atoms with van der Waals surface area (Å²) >= 11 is 0. The average Bonchev–Trinajstić information content (AvgIpc) is 2.47. The van der Waals surface area contributed by atoms with E-state index in [2.05, 4.69) is 0 Å². The standard InChI is InChI=1S/C16H21NO3/c1-12(14-7-3-4-8-15(14)20-2)10-16(19)17-9-5-6-13(18)11-17/h3-4,7-8,10,13,18H,5-6,9,11H2,1-2H3. The molecule has 1 aromatic rings. The fourth-order valence-corrected chi connectivity index (χ4v) is 2.48. The lowest BCUT2D eigenvalue weighted by atomic mass is 10.0. The van der Waals surface area contributed by atoms with Crippen LogP contribution in [0.1, 0.15) is 25.3 Å². The first-order valence-electron chi connectivity index (χ1n) is 6.90. The minimum absolute atomic E-state index is 0.0489. The summed E-state index contributed by atoms with van der Waals surface area (Å²) in [7, 11) is 1.62. The van der Waals surface area contributed by atoms with Crippen LogP contribution in [0.4, 0.5) is 0 Å². The molecular formula is C16H21NO3. The van der Waals surface area contributed by atoms with Gasteiger partial charge >= 0.3 is 0 Å². The lowest BCUT2D eigenvalue weighted by molar-refractivity contribution is -0.128. The number of aliphatic hydroxyl groups excluding tert-OH is 1. The average molecular weight is 275 g/mol. The Morgan fingerprint density at radius 2 is 2.20 bits per heavy atom. The van der Waals surface area contributed by atoms with E-state index in [-0.39, 0.29) is 5.91 Å². The first-order valence-corrected chi connectivity index (χ1v) is 6.90. The van der Waals surface area contributed by atoms with E-state index in [0.717, 1.165) is 29.7 Å². The summed E-state index contributed by atoms with van der Waals surface area (Å²) in [6.45, 7) is 3.04. The van der Waals surface area contributed by atoms with Gasteiger partial charge < -0.3 is 14.7 Å². The molecule has 4 nitrogen and oxygen atoms in total. The number of aliphatic hydroxyl groups is 1. The van der Waals surface area contributed by atoms with Gasteiger partial charge in [-0.25, -0.2) is 0 Å². The minimum Gasteiger partial charge on any atom is -0.496 e. The molecule has 20 heavy (non-hydrogen) atoms. The van der Waals surface area contributed by atoms with Gasteiger partial charge in [0.2, 0.25) is 5.91 Å². The number of carbonyl (C=O) groups excluding carboxylic acids is 1. The fourth-order valence-electron chi connectivity index (χ4n) is 2.48. The van der Waals surface area contributed by atoms with E-state index in [1.54, 1.807) is 18.1 Å². The second-order valence-electron chi connectivity index (χ2n) is 5.11. The van der Waals surface area contributed by atoms with Crippen molar-refractivity contribution in [2.75, 3.05) is 20.2 Å². The molecule has 1 fully saturated rings. The second-order valence-corrected chi connectivity index (χ2v) is 5.11. The van der Waals surface area contributed by atoms with Crippen LogP contribution in [-0.2, 0) is 4.79 Å². The third-order valence-corrected chi connectivity index (χ3v) is 3.58. The van der Waals surface area contributed by atoms with Crippen molar-refractivity contribution in [3.8, 4) is 5.75 Å². The molecule has 1 amide bonds. The molecule has 1 atom stereocenters. The molecule has 0 radical (unpaired) electrons. The van der Waals surface area contributed by atoms with Crippen LogP contribution in [0.3, 0.4) is 0 Å². The van der Waals surface area contributed by atoms with Crippen LogP contribution in [-0.4, -0.2) is 42.2 Å². The number of piperidine rings is 1. The van der Waals surface area contributed by atoms with Crippen molar-refractivity contribution >= 4 is 11.5 Å². The molecule has 2 rings (SSSR count). The summed E-state index contributed by atoms with van der Waals surface area (Å²) in [5, 5.41) is 9.63. The van der Waals surface area contributed by atoms with Gasteiger partial charge in [0.25, 0.3) is 0 Å². The van der Waals surface area contributed by atoms with Crippen molar-refractivity contribution in [2.45, 2.75) is 25.9 Å². The summed E-state index contributed by atoms with van der Waals surface area (Å²) in [6, 6.07) is 7.63. The monoisotopic (exact) mass is 275 g/mol. The highest BCUT2D eigenvalue weighted by Gasteiger charge is 2.21. The third kappa shape index (κ3) is 3.39. The number of β-amino-alcohol motifs (C(OH)–C–C–N with tert-alkyl or cyclic N) is 1. The number of nitrogens with zero attached hydrogens (tertiary/aromatic N) is 1. The van der Waals surface area contributed by atoms with Crippen molar-refractivity contribution in [1.29, 1.82) is 0 Å². The number of amides is 1. The Labute approximate surface area is 119 Å². The number of benzene rings is 1. The van der Waals surface area contributed by atoms with Crippen molar-refractivity contribution < 1.29 is 14.6 Å². The maximum atomic E-state index is 12.2. The number of hydrogen-bond donors (Lipinski definition) is 1. The number of methoxy groups -OCH3 is 1. The van der Waals surface area contributed by atoms with Gasteiger partial charge in [0.05, 0.1) is 13.2 Å². The van der Waals surface area contributed by atoms with Crippen molar-refractivity contribution in [1.82, 2.24) is 4.90 Å². The Hall–Kier alpha value is -1.81. The number of carbonyl (C=O) groups is 1. The van der Waals surface area contributed by atoms with Crippen LogP contribution in [0.2, 0.25) is 0 Å². The Bertz CT molecular complexity index is 510. The zero-order valence-corrected chi connectivity index (χ0v) is 12.0. The van der Waals surface area contributed by atoms with Gasteiger partial charge in [-0.1, -0.05) is 18.2 Å². The summed E-state index contributed by atoms with van der Waals surface area (Å²) in [4.78, 5) is 13.9. The summed E-state index contributed by atoms with van der Waals surface area (Å²) in [5.74, 6) is 0.708. The summed E-state index contributed by atoms with van der Waals surface area (Å²) in [6.07, 6.45) is 2.86. The van der Waals surface area contributed by atoms with Gasteiger partial charge in [0.1, 0.15) is 5.75 Å². The molecule has 108 valence electrons. The van der Waals surface area contributed by atoms with E-state index in [9.17, 15) is 9.90 Å². The van der Waals surface area contributed by atoms with Gasteiger partial charge in [-0.15, -0.1) is 0 Å². The van der Waals surface area contributed by atoms with E-state index in [1.807, 2.05) is 31.2 Å². The van der Waals surface area contributed by atoms with Gasteiger partial charge in [-0.3, -0.25) is 4.79 Å². The van der Waals surface area contributed by atoms with Gasteiger partial charge in [-0.2, -0.15) is 0 Å². The number of hydrogen-bond acceptors (Lipinski definition) is 3. The maximum absolute atomic E-state index is 12.2. The van der Waals surface area contributed by atoms with Crippen LogP contribution in [0, 0.1) is 0 Å². The van der Waals surface area contributed by atoms with E-state index < -0.39 is 6.10 Å². The molecule has 0 bridgehead atoms. The Morgan fingerprint density at radius 1 is 1.45 bits per heavy atom. The number of allylic oxidation sites excluding steroid dienone is 1. The van der Waals surface area contributed by atoms with Crippen LogP contribution in [0.25, 0.3) is 5.57 Å². The third-order valence-electron chi connectivity index (χ3n) is 3.58. The molecule has 1 aromatic carbocycles. The van der Waals surface area contributed by atoms with Crippen LogP contribution in [0.5, 0.6) is 5.75 Å². The topological polar surface area (TPSA) is 49.8 Å². The van der Waals surface area contributed by atoms with Gasteiger partial charge in [0.15, 0.2) is 0 Å². The molecule has 0 aromatic heterocycles. The molecular weight excluding hydrogens is 254 g/mol. The zero-order chi connectivity index (χ0) is 14.5. The van der Waals surface area contributed by atoms with Crippen LogP contribution < -0.4 is 4.74 Å². The molecule has 1 aliphatic rings. The quantitative estimate of drug-likeness (QED) is 0.859. The van der Waals surface area contributed by atoms with Gasteiger partial charge in [0, 0.05) is 24.7 Å². The molecule has 0 saturated carbocycles. The fraction of sp³-hybridized carbons (Fsp3) is 0.438. The van der Waals surface area contributed by atoms with Crippen molar-refractivity contribution in [2.24, 2.45) is 0 Å². The lowest BCUT2D eigenvalue weighted by Gasteiger charge is -2.29. The van der Waals surface area contributed by atoms with Gasteiger partial charge in [-0.05, 0) is 31.4 Å². The molecule has 1 saturated heterocycles. The molecule has 1 aliphatic heterocycles. The SMILES string of the molecule is COc1ccccc1C(C)=CC(=O)N1CCCC(O)C1. The van der Waals surface area contributed by atoms with Crippen molar-refractivity contribution in [3.05, 3.63) is 35.9 Å². The van der Waals surface area contributed by atoms with Crippen LogP contribution >= 0.6 is 0 Å². The number of rotatable bonds is 3. The van der Waals surface area contributed by atoms with E-state index in [1.165, 1.54) is 0 Å². The first kappa shape index (κ1) is 14.6. The summed E-state index contributed by atoms with van der Waals surface area (Å²) in [5.41, 5.74) is 1.79. The highest BCUT2D eigenvalue weighted by molar-refractivity contribution is 5.95. The minimum atomic E-state index is -0.396. The number of ether oxygens (including phenoxy) is 1. The van der Waals surface area contributed by atoms with Crippen LogP contribution in [0.15, 0.2) is 30.3 Å².